The molecule has 0 unspecified atom stereocenters. The molecule has 1 amide bonds. The van der Waals surface area contributed by atoms with Crippen LogP contribution < -0.4 is 4.90 Å². The number of rotatable bonds is 3. The highest BCUT2D eigenvalue weighted by Crippen LogP contribution is 2.44. The van der Waals surface area contributed by atoms with Gasteiger partial charge in [-0.15, -0.1) is 0 Å². The first-order valence-electron chi connectivity index (χ1n) is 9.43. The lowest BCUT2D eigenvalue weighted by atomic mass is 9.95. The summed E-state index contributed by atoms with van der Waals surface area (Å²) in [6.07, 6.45) is 0. The van der Waals surface area contributed by atoms with Gasteiger partial charge in [0.25, 0.3) is 5.91 Å². The van der Waals surface area contributed by atoms with E-state index in [0.717, 1.165) is 27.9 Å². The minimum absolute atomic E-state index is 0.127. The molecule has 1 atom stereocenters. The summed E-state index contributed by atoms with van der Waals surface area (Å²) in [6, 6.07) is 23.6. The van der Waals surface area contributed by atoms with Crippen LogP contribution in [0.2, 0.25) is 0 Å². The van der Waals surface area contributed by atoms with E-state index < -0.39 is 0 Å². The molecule has 3 aromatic carbocycles. The Hall–Kier alpha value is -3.73. The third kappa shape index (κ3) is 2.83. The molecule has 1 aliphatic heterocycles. The molecule has 5 rings (SSSR count). The Bertz CT molecular complexity index is 1180. The van der Waals surface area contributed by atoms with Crippen LogP contribution in [0.3, 0.4) is 0 Å². The van der Waals surface area contributed by atoms with Gasteiger partial charge in [0.2, 0.25) is 0 Å². The van der Waals surface area contributed by atoms with Crippen molar-refractivity contribution in [3.8, 4) is 11.3 Å². The first kappa shape index (κ1) is 17.4. The second-order valence-corrected chi connectivity index (χ2v) is 7.19. The third-order valence-corrected chi connectivity index (χ3v) is 5.31. The van der Waals surface area contributed by atoms with Crippen molar-refractivity contribution in [2.45, 2.75) is 13.0 Å². The highest BCUT2D eigenvalue weighted by Gasteiger charge is 2.42. The Balaban J connectivity index is 1.72. The van der Waals surface area contributed by atoms with Gasteiger partial charge in [-0.3, -0.25) is 14.8 Å². The second-order valence-electron chi connectivity index (χ2n) is 7.19. The normalized spacial score (nSPS) is 15.6. The van der Waals surface area contributed by atoms with Crippen molar-refractivity contribution in [2.75, 3.05) is 4.90 Å². The van der Waals surface area contributed by atoms with Crippen LogP contribution in [0.25, 0.3) is 11.3 Å². The first-order valence-corrected chi connectivity index (χ1v) is 9.43. The Morgan fingerprint density at radius 2 is 1.62 bits per heavy atom. The average molecular weight is 383 g/mol. The number of aromatic nitrogens is 2. The quantitative estimate of drug-likeness (QED) is 0.524. The standard InChI is InChI=1S/C24H18FN3O/c1-15-7-9-17(10-8-15)23-20-21(16-11-13-18(25)14-12-16)26-27-22(20)24(29)28(23)19-5-3-2-4-6-19/h2-14,23H,1H3,(H,26,27)/t23-/m0/s1. The number of carbonyl (C=O) groups is 1. The van der Waals surface area contributed by atoms with E-state index in [1.807, 2.05) is 61.5 Å². The van der Waals surface area contributed by atoms with Gasteiger partial charge in [0.05, 0.1) is 11.7 Å². The number of aromatic amines is 1. The minimum Gasteiger partial charge on any atom is -0.295 e. The molecule has 0 saturated carbocycles. The smallest absolute Gasteiger partial charge is 0.277 e. The number of H-pyrrole nitrogens is 1. The number of carbonyl (C=O) groups excluding carboxylic acids is 1. The number of anilines is 1. The van der Waals surface area contributed by atoms with Crippen molar-refractivity contribution in [1.29, 1.82) is 0 Å². The van der Waals surface area contributed by atoms with Crippen LogP contribution in [-0.2, 0) is 0 Å². The maximum Gasteiger partial charge on any atom is 0.277 e. The molecular formula is C24H18FN3O. The summed E-state index contributed by atoms with van der Waals surface area (Å²) in [5, 5.41) is 7.34. The molecule has 0 fully saturated rings. The Labute approximate surface area is 167 Å². The zero-order valence-electron chi connectivity index (χ0n) is 15.8. The number of aryl methyl sites for hydroxylation is 1. The van der Waals surface area contributed by atoms with E-state index in [0.29, 0.717) is 11.4 Å². The summed E-state index contributed by atoms with van der Waals surface area (Å²) in [4.78, 5) is 15.1. The Morgan fingerprint density at radius 3 is 2.31 bits per heavy atom. The van der Waals surface area contributed by atoms with Crippen LogP contribution in [0.4, 0.5) is 10.1 Å². The number of para-hydroxylation sites is 1. The highest BCUT2D eigenvalue weighted by atomic mass is 19.1. The van der Waals surface area contributed by atoms with Gasteiger partial charge >= 0.3 is 0 Å². The zero-order valence-corrected chi connectivity index (χ0v) is 15.8. The van der Waals surface area contributed by atoms with Crippen LogP contribution >= 0.6 is 0 Å². The van der Waals surface area contributed by atoms with Gasteiger partial charge in [-0.2, -0.15) is 5.10 Å². The zero-order chi connectivity index (χ0) is 20.0. The van der Waals surface area contributed by atoms with Crippen LogP contribution in [0.1, 0.15) is 33.2 Å². The van der Waals surface area contributed by atoms with Gasteiger partial charge in [0.1, 0.15) is 11.5 Å². The van der Waals surface area contributed by atoms with Crippen LogP contribution in [0, 0.1) is 12.7 Å². The first-order chi connectivity index (χ1) is 14.1. The molecule has 1 N–H and O–H groups in total. The van der Waals surface area contributed by atoms with Crippen molar-refractivity contribution >= 4 is 11.6 Å². The molecule has 0 saturated heterocycles. The lowest BCUT2D eigenvalue weighted by Gasteiger charge is -2.26. The van der Waals surface area contributed by atoms with Crippen LogP contribution in [-0.4, -0.2) is 16.1 Å². The van der Waals surface area contributed by atoms with Crippen molar-refractivity contribution in [3.05, 3.63) is 107 Å². The SMILES string of the molecule is Cc1ccc([C@H]2c3c(-c4ccc(F)cc4)n[nH]c3C(=O)N2c2ccccc2)cc1. The fourth-order valence-corrected chi connectivity index (χ4v) is 3.89. The summed E-state index contributed by atoms with van der Waals surface area (Å²) in [5.41, 5.74) is 5.68. The predicted molar refractivity (Wildman–Crippen MR) is 110 cm³/mol. The van der Waals surface area contributed by atoms with Gasteiger partial charge in [0, 0.05) is 16.8 Å². The molecule has 0 radical (unpaired) electrons. The fraction of sp³-hybridized carbons (Fsp3) is 0.0833. The van der Waals surface area contributed by atoms with E-state index in [1.165, 1.54) is 12.1 Å². The predicted octanol–water partition coefficient (Wildman–Crippen LogP) is 5.27. The summed E-state index contributed by atoms with van der Waals surface area (Å²) in [7, 11) is 0. The Morgan fingerprint density at radius 1 is 0.931 bits per heavy atom. The molecule has 1 aromatic heterocycles. The van der Waals surface area contributed by atoms with E-state index in [1.54, 1.807) is 17.0 Å². The number of halogens is 1. The van der Waals surface area contributed by atoms with Gasteiger partial charge in [0.15, 0.2) is 0 Å². The molecule has 0 spiro atoms. The number of nitrogens with zero attached hydrogens (tertiary/aromatic N) is 2. The lowest BCUT2D eigenvalue weighted by Crippen LogP contribution is -2.29. The number of benzene rings is 3. The van der Waals surface area contributed by atoms with E-state index >= 15 is 0 Å². The summed E-state index contributed by atoms with van der Waals surface area (Å²) < 4.78 is 13.4. The van der Waals surface area contributed by atoms with Crippen molar-refractivity contribution in [1.82, 2.24) is 10.2 Å². The van der Waals surface area contributed by atoms with Gasteiger partial charge < -0.3 is 0 Å². The highest BCUT2D eigenvalue weighted by molar-refractivity contribution is 6.11. The molecule has 5 heteroatoms. The maximum absolute atomic E-state index is 13.4. The molecule has 29 heavy (non-hydrogen) atoms. The van der Waals surface area contributed by atoms with Crippen LogP contribution in [0.15, 0.2) is 78.9 Å². The number of amides is 1. The van der Waals surface area contributed by atoms with E-state index in [-0.39, 0.29) is 17.8 Å². The topological polar surface area (TPSA) is 49.0 Å². The lowest BCUT2D eigenvalue weighted by molar-refractivity contribution is 0.0989. The molecule has 1 aliphatic rings. The van der Waals surface area contributed by atoms with Crippen molar-refractivity contribution < 1.29 is 9.18 Å². The molecule has 142 valence electrons. The molecular weight excluding hydrogens is 365 g/mol. The van der Waals surface area contributed by atoms with Gasteiger partial charge in [-0.05, 0) is 48.9 Å². The van der Waals surface area contributed by atoms with E-state index in [9.17, 15) is 9.18 Å². The second kappa shape index (κ2) is 6.71. The molecule has 4 nitrogen and oxygen atoms in total. The minimum atomic E-state index is -0.320. The van der Waals surface area contributed by atoms with E-state index in [2.05, 4.69) is 10.2 Å². The van der Waals surface area contributed by atoms with Gasteiger partial charge in [-0.1, -0.05) is 48.0 Å². The fourth-order valence-electron chi connectivity index (χ4n) is 3.89. The van der Waals surface area contributed by atoms with Gasteiger partial charge in [-0.25, -0.2) is 4.39 Å². The largest absolute Gasteiger partial charge is 0.295 e. The van der Waals surface area contributed by atoms with Crippen molar-refractivity contribution in [2.24, 2.45) is 0 Å². The molecule has 0 bridgehead atoms. The van der Waals surface area contributed by atoms with Crippen LogP contribution in [0.5, 0.6) is 0 Å². The summed E-state index contributed by atoms with van der Waals surface area (Å²) >= 11 is 0. The third-order valence-electron chi connectivity index (χ3n) is 5.31. The number of hydrogen-bond acceptors (Lipinski definition) is 2. The monoisotopic (exact) mass is 383 g/mol. The van der Waals surface area contributed by atoms with E-state index in [4.69, 9.17) is 0 Å². The van der Waals surface area contributed by atoms with Crippen molar-refractivity contribution in [3.63, 3.8) is 0 Å². The molecule has 4 aromatic rings. The average Bonchev–Trinajstić information content (AvgIpc) is 3.29. The Kier molecular flexibility index (Phi) is 4.02. The number of hydrogen-bond donors (Lipinski definition) is 1. The maximum atomic E-state index is 13.4. The summed E-state index contributed by atoms with van der Waals surface area (Å²) in [5.74, 6) is -0.435. The molecule has 2 heterocycles. The number of nitrogens with one attached hydrogen (secondary N) is 1. The molecule has 0 aliphatic carbocycles. The number of fused-ring (bicyclic) bond motifs is 1. The summed E-state index contributed by atoms with van der Waals surface area (Å²) in [6.45, 7) is 2.03.